The van der Waals surface area contributed by atoms with E-state index in [1.165, 1.54) is 6.20 Å². The summed E-state index contributed by atoms with van der Waals surface area (Å²) in [6.45, 7) is 5.18. The van der Waals surface area contributed by atoms with E-state index in [1.807, 2.05) is 38.1 Å². The Hall–Kier alpha value is -2.60. The minimum Gasteiger partial charge on any atom is -0.491 e. The molecule has 24 heavy (non-hydrogen) atoms. The van der Waals surface area contributed by atoms with Gasteiger partial charge in [-0.25, -0.2) is 0 Å². The number of aromatic nitrogens is 1. The number of nitrogens with one attached hydrogen (secondary N) is 2. The van der Waals surface area contributed by atoms with Crippen molar-refractivity contribution in [3.05, 3.63) is 48.3 Å². The number of methoxy groups -OCH3 is 1. The smallest absolute Gasteiger partial charge is 0.257 e. The number of pyridine rings is 1. The molecule has 0 saturated heterocycles. The number of benzene rings is 1. The second-order valence-corrected chi connectivity index (χ2v) is 5.53. The zero-order valence-electron chi connectivity index (χ0n) is 14.2. The summed E-state index contributed by atoms with van der Waals surface area (Å²) in [4.78, 5) is 16.4. The highest BCUT2D eigenvalue weighted by atomic mass is 16.5. The number of nitrogens with zero attached hydrogens (tertiary/aromatic N) is 1. The van der Waals surface area contributed by atoms with Crippen LogP contribution in [0.15, 0.2) is 42.7 Å². The van der Waals surface area contributed by atoms with E-state index in [-0.39, 0.29) is 12.0 Å². The predicted octanol–water partition coefficient (Wildman–Crippen LogP) is 3.18. The van der Waals surface area contributed by atoms with Gasteiger partial charge in [-0.2, -0.15) is 0 Å². The van der Waals surface area contributed by atoms with Gasteiger partial charge in [0, 0.05) is 31.7 Å². The molecule has 2 aromatic rings. The van der Waals surface area contributed by atoms with Gasteiger partial charge in [-0.15, -0.1) is 0 Å². The molecule has 1 heterocycles. The van der Waals surface area contributed by atoms with E-state index in [0.29, 0.717) is 24.4 Å². The standard InChI is InChI=1S/C18H23N3O3/c1-13(2)24-17-6-4-15(5-7-17)21-18(22)14-10-16(12-19-11-14)20-8-9-23-3/h4-7,10-13,20H,8-9H2,1-3H3,(H,21,22). The lowest BCUT2D eigenvalue weighted by atomic mass is 10.2. The van der Waals surface area contributed by atoms with E-state index in [9.17, 15) is 4.79 Å². The van der Waals surface area contributed by atoms with Crippen molar-refractivity contribution in [3.63, 3.8) is 0 Å². The van der Waals surface area contributed by atoms with Crippen LogP contribution in [0, 0.1) is 0 Å². The summed E-state index contributed by atoms with van der Waals surface area (Å²) < 4.78 is 10.6. The number of hydrogen-bond donors (Lipinski definition) is 2. The van der Waals surface area contributed by atoms with Crippen LogP contribution in [0.1, 0.15) is 24.2 Å². The van der Waals surface area contributed by atoms with Crippen LogP contribution in [-0.4, -0.2) is 37.3 Å². The summed E-state index contributed by atoms with van der Waals surface area (Å²) in [5.74, 6) is 0.560. The topological polar surface area (TPSA) is 72.5 Å². The zero-order valence-corrected chi connectivity index (χ0v) is 14.2. The average Bonchev–Trinajstić information content (AvgIpc) is 2.57. The third-order valence-corrected chi connectivity index (χ3v) is 3.12. The Balaban J connectivity index is 1.97. The number of anilines is 2. The van der Waals surface area contributed by atoms with Crippen molar-refractivity contribution < 1.29 is 14.3 Å². The molecule has 0 aliphatic heterocycles. The Bertz CT molecular complexity index is 657. The van der Waals surface area contributed by atoms with Crippen molar-refractivity contribution in [1.29, 1.82) is 0 Å². The van der Waals surface area contributed by atoms with Crippen LogP contribution in [0.4, 0.5) is 11.4 Å². The fraction of sp³-hybridized carbons (Fsp3) is 0.333. The molecule has 0 aliphatic carbocycles. The summed E-state index contributed by atoms with van der Waals surface area (Å²) >= 11 is 0. The largest absolute Gasteiger partial charge is 0.491 e. The van der Waals surface area contributed by atoms with E-state index < -0.39 is 0 Å². The molecule has 0 radical (unpaired) electrons. The Morgan fingerprint density at radius 1 is 1.17 bits per heavy atom. The predicted molar refractivity (Wildman–Crippen MR) is 94.8 cm³/mol. The zero-order chi connectivity index (χ0) is 17.4. The highest BCUT2D eigenvalue weighted by Crippen LogP contribution is 2.18. The molecule has 2 rings (SSSR count). The van der Waals surface area contributed by atoms with Gasteiger partial charge in [-0.05, 0) is 44.2 Å². The molecule has 1 aromatic carbocycles. The number of hydrogen-bond acceptors (Lipinski definition) is 5. The molecule has 0 bridgehead atoms. The number of carbonyl (C=O) groups is 1. The molecule has 6 nitrogen and oxygen atoms in total. The molecule has 0 saturated carbocycles. The highest BCUT2D eigenvalue weighted by Gasteiger charge is 2.08. The summed E-state index contributed by atoms with van der Waals surface area (Å²) in [6, 6.07) is 9.04. The van der Waals surface area contributed by atoms with Gasteiger partial charge in [0.15, 0.2) is 0 Å². The second-order valence-electron chi connectivity index (χ2n) is 5.53. The molecule has 1 amide bonds. The number of amides is 1. The van der Waals surface area contributed by atoms with E-state index in [4.69, 9.17) is 9.47 Å². The summed E-state index contributed by atoms with van der Waals surface area (Å²) in [5, 5.41) is 5.99. The monoisotopic (exact) mass is 329 g/mol. The first-order valence-electron chi connectivity index (χ1n) is 7.84. The highest BCUT2D eigenvalue weighted by molar-refractivity contribution is 6.04. The first-order chi connectivity index (χ1) is 11.6. The first kappa shape index (κ1) is 17.7. The van der Waals surface area contributed by atoms with Crippen molar-refractivity contribution in [1.82, 2.24) is 4.98 Å². The summed E-state index contributed by atoms with van der Waals surface area (Å²) in [7, 11) is 1.64. The number of carbonyl (C=O) groups excluding carboxylic acids is 1. The molecule has 0 unspecified atom stereocenters. The third-order valence-electron chi connectivity index (χ3n) is 3.12. The van der Waals surface area contributed by atoms with Crippen LogP contribution >= 0.6 is 0 Å². The molecular weight excluding hydrogens is 306 g/mol. The van der Waals surface area contributed by atoms with Crippen LogP contribution in [0.3, 0.4) is 0 Å². The van der Waals surface area contributed by atoms with Gasteiger partial charge < -0.3 is 20.1 Å². The molecule has 128 valence electrons. The Morgan fingerprint density at radius 2 is 1.92 bits per heavy atom. The van der Waals surface area contributed by atoms with Crippen molar-refractivity contribution >= 4 is 17.3 Å². The van der Waals surface area contributed by atoms with E-state index >= 15 is 0 Å². The van der Waals surface area contributed by atoms with E-state index in [1.54, 1.807) is 19.4 Å². The van der Waals surface area contributed by atoms with Crippen LogP contribution in [0.5, 0.6) is 5.75 Å². The number of rotatable bonds is 8. The molecule has 6 heteroatoms. The van der Waals surface area contributed by atoms with Gasteiger partial charge >= 0.3 is 0 Å². The molecule has 1 aromatic heterocycles. The van der Waals surface area contributed by atoms with Crippen molar-refractivity contribution in [2.45, 2.75) is 20.0 Å². The normalized spacial score (nSPS) is 10.5. The van der Waals surface area contributed by atoms with Crippen LogP contribution < -0.4 is 15.4 Å². The maximum Gasteiger partial charge on any atom is 0.257 e. The van der Waals surface area contributed by atoms with E-state index in [0.717, 1.165) is 11.4 Å². The van der Waals surface area contributed by atoms with Crippen molar-refractivity contribution in [3.8, 4) is 5.75 Å². The molecular formula is C18H23N3O3. The van der Waals surface area contributed by atoms with Crippen LogP contribution in [0.2, 0.25) is 0 Å². The minimum absolute atomic E-state index is 0.116. The quantitative estimate of drug-likeness (QED) is 0.728. The lowest BCUT2D eigenvalue weighted by Crippen LogP contribution is -2.13. The average molecular weight is 329 g/mol. The van der Waals surface area contributed by atoms with Gasteiger partial charge in [0.25, 0.3) is 5.91 Å². The molecule has 0 spiro atoms. The minimum atomic E-state index is -0.213. The fourth-order valence-electron chi connectivity index (χ4n) is 2.05. The Labute approximate surface area is 142 Å². The third kappa shape index (κ3) is 5.55. The van der Waals surface area contributed by atoms with Gasteiger partial charge in [-0.1, -0.05) is 0 Å². The lowest BCUT2D eigenvalue weighted by molar-refractivity contribution is 0.102. The second kappa shape index (κ2) is 8.88. The lowest BCUT2D eigenvalue weighted by Gasteiger charge is -2.11. The summed E-state index contributed by atoms with van der Waals surface area (Å²) in [5.41, 5.74) is 1.97. The molecule has 0 fully saturated rings. The summed E-state index contributed by atoms with van der Waals surface area (Å²) in [6.07, 6.45) is 3.32. The van der Waals surface area contributed by atoms with Crippen molar-refractivity contribution in [2.75, 3.05) is 30.9 Å². The molecule has 2 N–H and O–H groups in total. The maximum atomic E-state index is 12.3. The van der Waals surface area contributed by atoms with E-state index in [2.05, 4.69) is 15.6 Å². The van der Waals surface area contributed by atoms with Gasteiger partial charge in [0.2, 0.25) is 0 Å². The first-order valence-corrected chi connectivity index (χ1v) is 7.84. The number of ether oxygens (including phenoxy) is 2. The Morgan fingerprint density at radius 3 is 2.58 bits per heavy atom. The maximum absolute atomic E-state index is 12.3. The van der Waals surface area contributed by atoms with Crippen molar-refractivity contribution in [2.24, 2.45) is 0 Å². The van der Waals surface area contributed by atoms with Gasteiger partial charge in [-0.3, -0.25) is 9.78 Å². The molecule has 0 aliphatic rings. The fourth-order valence-corrected chi connectivity index (χ4v) is 2.05. The SMILES string of the molecule is COCCNc1cncc(C(=O)Nc2ccc(OC(C)C)cc2)c1. The Kier molecular flexibility index (Phi) is 6.57. The van der Waals surface area contributed by atoms with Crippen LogP contribution in [-0.2, 0) is 4.74 Å². The van der Waals surface area contributed by atoms with Gasteiger partial charge in [0.05, 0.1) is 24.0 Å². The van der Waals surface area contributed by atoms with Crippen LogP contribution in [0.25, 0.3) is 0 Å². The van der Waals surface area contributed by atoms with Gasteiger partial charge in [0.1, 0.15) is 5.75 Å². The molecule has 0 atom stereocenters.